The normalized spacial score (nSPS) is 28.8. The van der Waals surface area contributed by atoms with Crippen molar-refractivity contribution in [3.8, 4) is 0 Å². The van der Waals surface area contributed by atoms with E-state index in [4.69, 9.17) is 10.5 Å². The summed E-state index contributed by atoms with van der Waals surface area (Å²) in [6.45, 7) is 3.95. The van der Waals surface area contributed by atoms with E-state index in [9.17, 15) is 4.79 Å². The van der Waals surface area contributed by atoms with Gasteiger partial charge in [-0.25, -0.2) is 4.98 Å². The molecule has 3 aliphatic rings. The van der Waals surface area contributed by atoms with Crippen LogP contribution in [0.25, 0.3) is 0 Å². The van der Waals surface area contributed by atoms with Gasteiger partial charge in [0.15, 0.2) is 0 Å². The first kappa shape index (κ1) is 15.6. The number of amides is 1. The van der Waals surface area contributed by atoms with E-state index in [1.807, 2.05) is 0 Å². The van der Waals surface area contributed by atoms with Crippen LogP contribution < -0.4 is 10.6 Å². The molecule has 4 rings (SSSR count). The predicted octanol–water partition coefficient (Wildman–Crippen LogP) is 1.06. The van der Waals surface area contributed by atoms with E-state index in [0.717, 1.165) is 58.4 Å². The molecule has 24 heavy (non-hydrogen) atoms. The summed E-state index contributed by atoms with van der Waals surface area (Å²) < 4.78 is 5.45. The van der Waals surface area contributed by atoms with Crippen LogP contribution in [0.5, 0.6) is 0 Å². The minimum Gasteiger partial charge on any atom is -0.384 e. The number of carbonyl (C=O) groups is 1. The number of likely N-dealkylation sites (tertiary alicyclic amines) is 1. The van der Waals surface area contributed by atoms with Crippen molar-refractivity contribution in [3.05, 3.63) is 12.3 Å². The van der Waals surface area contributed by atoms with Gasteiger partial charge in [-0.2, -0.15) is 4.98 Å². The Morgan fingerprint density at radius 3 is 2.88 bits per heavy atom. The highest BCUT2D eigenvalue weighted by atomic mass is 16.5. The van der Waals surface area contributed by atoms with E-state index in [0.29, 0.717) is 30.3 Å². The van der Waals surface area contributed by atoms with Crippen molar-refractivity contribution in [1.82, 2.24) is 14.9 Å². The Hall–Kier alpha value is -1.89. The molecular weight excluding hydrogens is 306 g/mol. The molecule has 0 aromatic carbocycles. The average Bonchev–Trinajstić information content (AvgIpc) is 3.03. The lowest BCUT2D eigenvalue weighted by atomic mass is 9.77. The van der Waals surface area contributed by atoms with Crippen LogP contribution in [0.3, 0.4) is 0 Å². The Morgan fingerprint density at radius 1 is 1.25 bits per heavy atom. The van der Waals surface area contributed by atoms with Gasteiger partial charge in [-0.05, 0) is 38.2 Å². The van der Waals surface area contributed by atoms with E-state index >= 15 is 0 Å². The van der Waals surface area contributed by atoms with Gasteiger partial charge in [-0.15, -0.1) is 0 Å². The molecule has 7 nitrogen and oxygen atoms in total. The molecule has 2 N–H and O–H groups in total. The topological polar surface area (TPSA) is 84.6 Å². The van der Waals surface area contributed by atoms with Gasteiger partial charge < -0.3 is 20.3 Å². The molecule has 7 heteroatoms. The van der Waals surface area contributed by atoms with Crippen LogP contribution in [0.2, 0.25) is 0 Å². The molecule has 1 amide bonds. The van der Waals surface area contributed by atoms with Gasteiger partial charge >= 0.3 is 0 Å². The van der Waals surface area contributed by atoms with Gasteiger partial charge in [0, 0.05) is 45.1 Å². The van der Waals surface area contributed by atoms with Crippen LogP contribution in [0.1, 0.15) is 32.1 Å². The largest absolute Gasteiger partial charge is 0.384 e. The lowest BCUT2D eigenvalue weighted by molar-refractivity contribution is -0.149. The molecule has 3 aliphatic heterocycles. The van der Waals surface area contributed by atoms with Crippen molar-refractivity contribution in [2.24, 2.45) is 5.41 Å². The fourth-order valence-corrected chi connectivity index (χ4v) is 4.38. The molecule has 1 aromatic rings. The molecule has 0 radical (unpaired) electrons. The number of aromatic nitrogens is 2. The summed E-state index contributed by atoms with van der Waals surface area (Å²) in [5, 5.41) is 0. The maximum Gasteiger partial charge on any atom is 0.230 e. The van der Waals surface area contributed by atoms with E-state index < -0.39 is 0 Å². The molecule has 130 valence electrons. The second kappa shape index (κ2) is 6.20. The third kappa shape index (κ3) is 2.70. The molecule has 0 aliphatic carbocycles. The number of piperidine rings is 1. The molecule has 0 unspecified atom stereocenters. The van der Waals surface area contributed by atoms with Gasteiger partial charge in [0.2, 0.25) is 11.9 Å². The Labute approximate surface area is 142 Å². The summed E-state index contributed by atoms with van der Waals surface area (Å²) in [5.74, 6) is 1.44. The highest BCUT2D eigenvalue weighted by molar-refractivity contribution is 5.85. The molecule has 0 bridgehead atoms. The average molecular weight is 331 g/mol. The number of hydrogen-bond donors (Lipinski definition) is 1. The highest BCUT2D eigenvalue weighted by Crippen LogP contribution is 2.42. The fourth-order valence-electron chi connectivity index (χ4n) is 4.38. The zero-order chi connectivity index (χ0) is 16.6. The van der Waals surface area contributed by atoms with Crippen LogP contribution >= 0.6 is 0 Å². The number of ether oxygens (including phenoxy) is 1. The molecule has 1 spiro atoms. The zero-order valence-corrected chi connectivity index (χ0v) is 14.0. The molecule has 1 atom stereocenters. The van der Waals surface area contributed by atoms with Crippen molar-refractivity contribution in [2.45, 2.75) is 38.1 Å². The number of rotatable bonds is 2. The number of hydrogen-bond acceptors (Lipinski definition) is 6. The predicted molar refractivity (Wildman–Crippen MR) is 90.5 cm³/mol. The summed E-state index contributed by atoms with van der Waals surface area (Å²) in [6, 6.07) is 2.04. The van der Waals surface area contributed by atoms with Gasteiger partial charge in [-0.1, -0.05) is 0 Å². The van der Waals surface area contributed by atoms with Gasteiger partial charge in [-0.3, -0.25) is 4.79 Å². The van der Waals surface area contributed by atoms with E-state index in [2.05, 4.69) is 19.8 Å². The number of nitrogen functional groups attached to an aromatic ring is 1. The van der Waals surface area contributed by atoms with Crippen LogP contribution in [-0.2, 0) is 9.53 Å². The van der Waals surface area contributed by atoms with Crippen molar-refractivity contribution in [2.75, 3.05) is 43.5 Å². The molecule has 3 saturated heterocycles. The van der Waals surface area contributed by atoms with E-state index in [1.54, 1.807) is 12.3 Å². The van der Waals surface area contributed by atoms with Crippen LogP contribution in [-0.4, -0.2) is 59.7 Å². The summed E-state index contributed by atoms with van der Waals surface area (Å²) in [7, 11) is 0. The fraction of sp³-hybridized carbons (Fsp3) is 0.706. The summed E-state index contributed by atoms with van der Waals surface area (Å²) in [5.41, 5.74) is 5.50. The first-order chi connectivity index (χ1) is 11.7. The second-order valence-electron chi connectivity index (χ2n) is 7.18. The maximum absolute atomic E-state index is 13.3. The van der Waals surface area contributed by atoms with Crippen molar-refractivity contribution >= 4 is 17.7 Å². The molecule has 1 aromatic heterocycles. The monoisotopic (exact) mass is 331 g/mol. The van der Waals surface area contributed by atoms with Crippen molar-refractivity contribution in [3.63, 3.8) is 0 Å². The smallest absolute Gasteiger partial charge is 0.230 e. The van der Waals surface area contributed by atoms with Crippen molar-refractivity contribution < 1.29 is 9.53 Å². The first-order valence-electron chi connectivity index (χ1n) is 8.90. The lowest BCUT2D eigenvalue weighted by Crippen LogP contribution is -2.54. The molecular formula is C17H25N5O2. The Kier molecular flexibility index (Phi) is 4.04. The van der Waals surface area contributed by atoms with Crippen molar-refractivity contribution in [1.29, 1.82) is 0 Å². The first-order valence-corrected chi connectivity index (χ1v) is 8.90. The van der Waals surface area contributed by atoms with Crippen LogP contribution in [0.4, 0.5) is 11.8 Å². The molecule has 3 fully saturated rings. The number of nitrogens with zero attached hydrogens (tertiary/aromatic N) is 4. The van der Waals surface area contributed by atoms with Gasteiger partial charge in [0.05, 0.1) is 5.41 Å². The molecule has 4 heterocycles. The number of anilines is 2. The SMILES string of the molecule is Nc1ccnc(N2CC[C@@]3(CCCN(C4CCOCC4)C3=O)C2)n1. The third-order valence-corrected chi connectivity index (χ3v) is 5.70. The summed E-state index contributed by atoms with van der Waals surface area (Å²) in [6.07, 6.45) is 6.52. The summed E-state index contributed by atoms with van der Waals surface area (Å²) >= 11 is 0. The minimum atomic E-state index is -0.273. The summed E-state index contributed by atoms with van der Waals surface area (Å²) in [4.78, 5) is 26.2. The highest BCUT2D eigenvalue weighted by Gasteiger charge is 2.50. The molecule has 0 saturated carbocycles. The van der Waals surface area contributed by atoms with E-state index in [1.165, 1.54) is 0 Å². The Morgan fingerprint density at radius 2 is 2.08 bits per heavy atom. The minimum absolute atomic E-state index is 0.273. The van der Waals surface area contributed by atoms with Gasteiger partial charge in [0.25, 0.3) is 0 Å². The standard InChI is InChI=1S/C17H25N5O2/c18-14-2-7-19-16(20-14)21-9-6-17(12-21)5-1-8-22(15(17)23)13-3-10-24-11-4-13/h2,7,13H,1,3-6,8-12H2,(H2,18,19,20)/t17-/m0/s1. The number of carbonyl (C=O) groups excluding carboxylic acids is 1. The quantitative estimate of drug-likeness (QED) is 0.872. The number of nitrogens with two attached hydrogens (primary N) is 1. The Balaban J connectivity index is 1.51. The zero-order valence-electron chi connectivity index (χ0n) is 14.0. The lowest BCUT2D eigenvalue weighted by Gasteiger charge is -2.44. The van der Waals surface area contributed by atoms with Gasteiger partial charge in [0.1, 0.15) is 5.82 Å². The van der Waals surface area contributed by atoms with Crippen LogP contribution in [0, 0.1) is 5.41 Å². The third-order valence-electron chi connectivity index (χ3n) is 5.70. The van der Waals surface area contributed by atoms with Crippen LogP contribution in [0.15, 0.2) is 12.3 Å². The van der Waals surface area contributed by atoms with E-state index in [-0.39, 0.29) is 5.41 Å². The maximum atomic E-state index is 13.3. The Bertz CT molecular complexity index is 619. The second-order valence-corrected chi connectivity index (χ2v) is 7.18.